The van der Waals surface area contributed by atoms with Gasteiger partial charge in [0.1, 0.15) is 5.82 Å². The Labute approximate surface area is 110 Å². The average molecular weight is 264 g/mol. The fourth-order valence-corrected chi connectivity index (χ4v) is 1.77. The Balaban J connectivity index is 3.50. The molecule has 0 aliphatic rings. The van der Waals surface area contributed by atoms with Crippen LogP contribution in [-0.2, 0) is 19.7 Å². The lowest BCUT2D eigenvalue weighted by Crippen LogP contribution is -2.45. The van der Waals surface area contributed by atoms with Gasteiger partial charge >= 0.3 is 11.9 Å². The summed E-state index contributed by atoms with van der Waals surface area (Å²) in [5, 5.41) is 9.37. The number of halogens is 1. The number of carboxylic acid groups (broad SMARTS) is 1. The van der Waals surface area contributed by atoms with Crippen molar-refractivity contribution < 1.29 is 23.8 Å². The molecule has 0 saturated carbocycles. The van der Waals surface area contributed by atoms with E-state index in [0.29, 0.717) is 0 Å². The number of hydrogen-bond donors (Lipinski definition) is 1. The van der Waals surface area contributed by atoms with Crippen LogP contribution in [0.15, 0.2) is 24.3 Å². The third-order valence-electron chi connectivity index (χ3n) is 2.69. The first-order valence-electron chi connectivity index (χ1n) is 5.59. The van der Waals surface area contributed by atoms with E-state index in [0.717, 1.165) is 6.07 Å². The predicted octanol–water partition coefficient (Wildman–Crippen LogP) is 1.73. The quantitative estimate of drug-likeness (QED) is 0.500. The number of benzene rings is 1. The third-order valence-corrected chi connectivity index (χ3v) is 2.69. The van der Waals surface area contributed by atoms with Gasteiger partial charge in [-0.2, -0.15) is 0 Å². The Hall–Kier alpha value is -2.35. The zero-order valence-electron chi connectivity index (χ0n) is 10.4. The largest absolute Gasteiger partial charge is 0.480 e. The molecule has 1 unspecified atom stereocenters. The maximum atomic E-state index is 13.8. The Kier molecular flexibility index (Phi) is 4.65. The van der Waals surface area contributed by atoms with E-state index in [1.165, 1.54) is 25.1 Å². The van der Waals surface area contributed by atoms with Crippen molar-refractivity contribution in [3.8, 4) is 12.3 Å². The summed E-state index contributed by atoms with van der Waals surface area (Å²) < 4.78 is 18.6. The van der Waals surface area contributed by atoms with Crippen molar-refractivity contribution in [3.63, 3.8) is 0 Å². The number of ether oxygens (including phenoxy) is 1. The van der Waals surface area contributed by atoms with E-state index < -0.39 is 29.6 Å². The molecule has 0 aliphatic heterocycles. The molecular formula is C14H13FO4. The van der Waals surface area contributed by atoms with Gasteiger partial charge in [0.2, 0.25) is 5.41 Å². The van der Waals surface area contributed by atoms with Gasteiger partial charge in [0.25, 0.3) is 0 Å². The first kappa shape index (κ1) is 14.7. The Morgan fingerprint density at radius 2 is 2.11 bits per heavy atom. The summed E-state index contributed by atoms with van der Waals surface area (Å²) in [5.41, 5.74) is -2.50. The molecule has 1 aromatic rings. The van der Waals surface area contributed by atoms with Gasteiger partial charge in [0, 0.05) is 12.0 Å². The number of esters is 1. The molecule has 1 atom stereocenters. The van der Waals surface area contributed by atoms with Gasteiger partial charge in [-0.1, -0.05) is 18.2 Å². The fourth-order valence-electron chi connectivity index (χ4n) is 1.77. The summed E-state index contributed by atoms with van der Waals surface area (Å²) in [6.45, 7) is 1.51. The molecule has 0 fully saturated rings. The van der Waals surface area contributed by atoms with Crippen LogP contribution < -0.4 is 0 Å². The molecule has 0 aromatic heterocycles. The summed E-state index contributed by atoms with van der Waals surface area (Å²) in [7, 11) is 0. The number of carbonyl (C=O) groups is 2. The number of carbonyl (C=O) groups excluding carboxylic acids is 1. The molecule has 0 bridgehead atoms. The Morgan fingerprint density at radius 1 is 1.47 bits per heavy atom. The second-order valence-corrected chi connectivity index (χ2v) is 3.79. The van der Waals surface area contributed by atoms with Crippen LogP contribution in [0.5, 0.6) is 0 Å². The molecule has 1 N–H and O–H groups in total. The topological polar surface area (TPSA) is 63.6 Å². The van der Waals surface area contributed by atoms with Gasteiger partial charge in [0.15, 0.2) is 0 Å². The molecule has 0 spiro atoms. The molecule has 1 rings (SSSR count). The summed E-state index contributed by atoms with van der Waals surface area (Å²) in [5.74, 6) is -1.30. The first-order chi connectivity index (χ1) is 9.00. The summed E-state index contributed by atoms with van der Waals surface area (Å²) in [6.07, 6.45) is 4.65. The number of carboxylic acids is 1. The Morgan fingerprint density at radius 3 is 2.58 bits per heavy atom. The van der Waals surface area contributed by atoms with E-state index in [9.17, 15) is 19.1 Å². The fraction of sp³-hybridized carbons (Fsp3) is 0.286. The van der Waals surface area contributed by atoms with Gasteiger partial charge < -0.3 is 9.84 Å². The van der Waals surface area contributed by atoms with Crippen molar-refractivity contribution in [3.05, 3.63) is 35.6 Å². The highest BCUT2D eigenvalue weighted by molar-refractivity contribution is 6.06. The molecule has 0 saturated heterocycles. The molecule has 19 heavy (non-hydrogen) atoms. The highest BCUT2D eigenvalue weighted by Crippen LogP contribution is 2.32. The van der Waals surface area contributed by atoms with Gasteiger partial charge in [0.05, 0.1) is 6.61 Å². The lowest BCUT2D eigenvalue weighted by molar-refractivity contribution is -0.161. The zero-order valence-corrected chi connectivity index (χ0v) is 10.4. The van der Waals surface area contributed by atoms with Crippen molar-refractivity contribution in [2.75, 3.05) is 6.61 Å². The minimum Gasteiger partial charge on any atom is -0.480 e. The minimum absolute atomic E-state index is 0.0209. The lowest BCUT2D eigenvalue weighted by atomic mass is 9.77. The average Bonchev–Trinajstić information content (AvgIpc) is 2.36. The second kappa shape index (κ2) is 6.01. The standard InChI is InChI=1S/C14H13FO4/c1-3-9-14(12(16)17,13(18)19-4-2)10-7-5-6-8-11(10)15/h1,5-8H,4,9H2,2H3,(H,16,17). The Bertz CT molecular complexity index is 532. The van der Waals surface area contributed by atoms with Crippen molar-refractivity contribution in [2.24, 2.45) is 0 Å². The van der Waals surface area contributed by atoms with Crippen LogP contribution >= 0.6 is 0 Å². The van der Waals surface area contributed by atoms with E-state index in [1.807, 2.05) is 0 Å². The van der Waals surface area contributed by atoms with Crippen LogP contribution in [0.25, 0.3) is 0 Å². The highest BCUT2D eigenvalue weighted by atomic mass is 19.1. The normalized spacial score (nSPS) is 13.1. The van der Waals surface area contributed by atoms with Gasteiger partial charge in [-0.15, -0.1) is 12.3 Å². The number of aliphatic carboxylic acids is 1. The van der Waals surface area contributed by atoms with E-state index in [2.05, 4.69) is 5.92 Å². The molecule has 0 amide bonds. The maximum absolute atomic E-state index is 13.8. The van der Waals surface area contributed by atoms with E-state index >= 15 is 0 Å². The van der Waals surface area contributed by atoms with Crippen molar-refractivity contribution >= 4 is 11.9 Å². The van der Waals surface area contributed by atoms with Gasteiger partial charge in [-0.05, 0) is 13.0 Å². The molecule has 0 radical (unpaired) electrons. The smallest absolute Gasteiger partial charge is 0.329 e. The van der Waals surface area contributed by atoms with Crippen LogP contribution in [0.2, 0.25) is 0 Å². The van der Waals surface area contributed by atoms with Crippen molar-refractivity contribution in [1.29, 1.82) is 0 Å². The van der Waals surface area contributed by atoms with Crippen LogP contribution in [0, 0.1) is 18.2 Å². The van der Waals surface area contributed by atoms with E-state index in [-0.39, 0.29) is 12.2 Å². The highest BCUT2D eigenvalue weighted by Gasteiger charge is 2.50. The molecule has 0 heterocycles. The van der Waals surface area contributed by atoms with Crippen LogP contribution in [0.3, 0.4) is 0 Å². The van der Waals surface area contributed by atoms with Crippen LogP contribution in [0.1, 0.15) is 18.9 Å². The van der Waals surface area contributed by atoms with Gasteiger partial charge in [-0.3, -0.25) is 9.59 Å². The summed E-state index contributed by atoms with van der Waals surface area (Å²) in [6, 6.07) is 5.12. The maximum Gasteiger partial charge on any atom is 0.329 e. The summed E-state index contributed by atoms with van der Waals surface area (Å²) in [4.78, 5) is 23.5. The molecule has 1 aromatic carbocycles. The van der Waals surface area contributed by atoms with Crippen LogP contribution in [-0.4, -0.2) is 23.7 Å². The van der Waals surface area contributed by atoms with Crippen molar-refractivity contribution in [1.82, 2.24) is 0 Å². The monoisotopic (exact) mass is 264 g/mol. The zero-order chi connectivity index (χ0) is 14.5. The third kappa shape index (κ3) is 2.58. The molecular weight excluding hydrogens is 251 g/mol. The number of terminal acetylenes is 1. The minimum atomic E-state index is -2.21. The molecule has 5 heteroatoms. The molecule has 0 aliphatic carbocycles. The second-order valence-electron chi connectivity index (χ2n) is 3.79. The SMILES string of the molecule is C#CCC(C(=O)O)(C(=O)OCC)c1ccccc1F. The van der Waals surface area contributed by atoms with E-state index in [1.54, 1.807) is 0 Å². The van der Waals surface area contributed by atoms with Crippen LogP contribution in [0.4, 0.5) is 4.39 Å². The molecule has 4 nitrogen and oxygen atoms in total. The number of rotatable bonds is 5. The van der Waals surface area contributed by atoms with Crippen molar-refractivity contribution in [2.45, 2.75) is 18.8 Å². The van der Waals surface area contributed by atoms with Gasteiger partial charge in [-0.25, -0.2) is 4.39 Å². The first-order valence-corrected chi connectivity index (χ1v) is 5.59. The number of hydrogen-bond acceptors (Lipinski definition) is 3. The van der Waals surface area contributed by atoms with E-state index in [4.69, 9.17) is 11.2 Å². The lowest BCUT2D eigenvalue weighted by Gasteiger charge is -2.25. The molecule has 100 valence electrons. The predicted molar refractivity (Wildman–Crippen MR) is 65.8 cm³/mol. The summed E-state index contributed by atoms with van der Waals surface area (Å²) >= 11 is 0.